The van der Waals surface area contributed by atoms with Crippen molar-refractivity contribution in [3.63, 3.8) is 0 Å². The van der Waals surface area contributed by atoms with Crippen LogP contribution >= 0.6 is 11.6 Å². The first-order valence-electron chi connectivity index (χ1n) is 8.06. The molecule has 2 aromatic rings. The topological polar surface area (TPSA) is 147 Å². The minimum Gasteiger partial charge on any atom is -0.478 e. The van der Waals surface area contributed by atoms with Gasteiger partial charge in [-0.3, -0.25) is 0 Å². The minimum atomic E-state index is -4.11. The molecule has 1 aliphatic rings. The number of nitrogens with one attached hydrogen (secondary N) is 3. The molecule has 11 heteroatoms. The summed E-state index contributed by atoms with van der Waals surface area (Å²) in [4.78, 5) is 10.8. The van der Waals surface area contributed by atoms with E-state index in [0.717, 1.165) is 32.2 Å². The molecule has 3 rings (SSSR count). The average Bonchev–Trinajstić information content (AvgIpc) is 3.14. The SMILES string of the molecule is C1CNCCN1.NS(=O)(=O)c1cc(C(=O)O)c(NCc2ccco2)cc1Cl. The third-order valence-corrected chi connectivity index (χ3v) is 4.97. The van der Waals surface area contributed by atoms with Crippen LogP contribution in [0.1, 0.15) is 16.1 Å². The third-order valence-electron chi connectivity index (χ3n) is 3.60. The number of hydrogen-bond acceptors (Lipinski definition) is 7. The zero-order valence-corrected chi connectivity index (χ0v) is 15.9. The Labute approximate surface area is 161 Å². The number of carbonyl (C=O) groups is 1. The molecule has 0 bridgehead atoms. The van der Waals surface area contributed by atoms with E-state index in [2.05, 4.69) is 16.0 Å². The first-order chi connectivity index (χ1) is 12.8. The molecule has 148 valence electrons. The fourth-order valence-corrected chi connectivity index (χ4v) is 3.39. The van der Waals surface area contributed by atoms with Gasteiger partial charge in [0.05, 0.1) is 29.1 Å². The molecule has 0 spiro atoms. The number of carboxylic acid groups (broad SMARTS) is 1. The molecule has 1 fully saturated rings. The maximum absolute atomic E-state index is 11.3. The summed E-state index contributed by atoms with van der Waals surface area (Å²) in [5.41, 5.74) is -0.0914. The molecule has 6 N–H and O–H groups in total. The number of halogens is 1. The summed E-state index contributed by atoms with van der Waals surface area (Å²) in [5, 5.41) is 23.3. The van der Waals surface area contributed by atoms with Crippen molar-refractivity contribution < 1.29 is 22.7 Å². The van der Waals surface area contributed by atoms with Gasteiger partial charge in [-0.05, 0) is 24.3 Å². The minimum absolute atomic E-state index is 0.163. The van der Waals surface area contributed by atoms with Crippen molar-refractivity contribution in [2.24, 2.45) is 5.14 Å². The molecule has 1 saturated heterocycles. The van der Waals surface area contributed by atoms with Crippen molar-refractivity contribution >= 4 is 33.3 Å². The van der Waals surface area contributed by atoms with Crippen molar-refractivity contribution in [1.29, 1.82) is 0 Å². The number of carboxylic acids is 1. The molecular formula is C16H21ClN4O5S. The van der Waals surface area contributed by atoms with E-state index in [9.17, 15) is 13.2 Å². The number of primary sulfonamides is 1. The number of anilines is 1. The zero-order valence-electron chi connectivity index (χ0n) is 14.4. The van der Waals surface area contributed by atoms with E-state index in [4.69, 9.17) is 26.3 Å². The fourth-order valence-electron chi connectivity index (χ4n) is 2.29. The number of furan rings is 1. The smallest absolute Gasteiger partial charge is 0.337 e. The highest BCUT2D eigenvalue weighted by Gasteiger charge is 2.20. The van der Waals surface area contributed by atoms with Crippen LogP contribution in [0.15, 0.2) is 39.8 Å². The van der Waals surface area contributed by atoms with Gasteiger partial charge in [-0.2, -0.15) is 0 Å². The van der Waals surface area contributed by atoms with E-state index < -0.39 is 20.9 Å². The van der Waals surface area contributed by atoms with Crippen LogP contribution in [0.5, 0.6) is 0 Å². The predicted molar refractivity (Wildman–Crippen MR) is 102 cm³/mol. The van der Waals surface area contributed by atoms with Gasteiger partial charge in [0.2, 0.25) is 10.0 Å². The third kappa shape index (κ3) is 6.52. The molecule has 0 amide bonds. The quantitative estimate of drug-likeness (QED) is 0.486. The number of benzene rings is 1. The van der Waals surface area contributed by atoms with Crippen molar-refractivity contribution in [1.82, 2.24) is 10.6 Å². The van der Waals surface area contributed by atoms with Gasteiger partial charge in [0.1, 0.15) is 10.7 Å². The lowest BCUT2D eigenvalue weighted by molar-refractivity contribution is 0.0697. The second-order valence-corrected chi connectivity index (χ2v) is 7.55. The first kappa shape index (κ1) is 21.2. The molecule has 27 heavy (non-hydrogen) atoms. The number of hydrogen-bond donors (Lipinski definition) is 5. The Morgan fingerprint density at radius 1 is 1.26 bits per heavy atom. The highest BCUT2D eigenvalue weighted by Crippen LogP contribution is 2.28. The van der Waals surface area contributed by atoms with Gasteiger partial charge >= 0.3 is 5.97 Å². The maximum Gasteiger partial charge on any atom is 0.337 e. The number of nitrogens with two attached hydrogens (primary N) is 1. The van der Waals surface area contributed by atoms with Gasteiger partial charge < -0.3 is 25.5 Å². The van der Waals surface area contributed by atoms with Crippen molar-refractivity contribution in [3.8, 4) is 0 Å². The molecule has 0 aliphatic carbocycles. The molecule has 9 nitrogen and oxygen atoms in total. The normalized spacial score (nSPS) is 14.1. The number of piperazine rings is 1. The zero-order chi connectivity index (χ0) is 19.9. The summed E-state index contributed by atoms with van der Waals surface area (Å²) >= 11 is 5.84. The lowest BCUT2D eigenvalue weighted by Gasteiger charge is -2.11. The van der Waals surface area contributed by atoms with Gasteiger partial charge in [-0.15, -0.1) is 0 Å². The highest BCUT2D eigenvalue weighted by molar-refractivity contribution is 7.89. The predicted octanol–water partition coefficient (Wildman–Crippen LogP) is 1.07. The van der Waals surface area contributed by atoms with Crippen LogP contribution in [0.25, 0.3) is 0 Å². The molecule has 2 heterocycles. The molecule has 1 aromatic carbocycles. The van der Waals surface area contributed by atoms with Crippen molar-refractivity contribution in [3.05, 3.63) is 46.9 Å². The Morgan fingerprint density at radius 2 is 1.89 bits per heavy atom. The van der Waals surface area contributed by atoms with E-state index in [0.29, 0.717) is 5.76 Å². The lowest BCUT2D eigenvalue weighted by atomic mass is 10.1. The van der Waals surface area contributed by atoms with Crippen LogP contribution in [-0.2, 0) is 16.6 Å². The molecule has 0 radical (unpaired) electrons. The lowest BCUT2D eigenvalue weighted by Crippen LogP contribution is -2.39. The van der Waals surface area contributed by atoms with Gasteiger partial charge in [-0.1, -0.05) is 11.6 Å². The Hall–Kier alpha value is -2.11. The van der Waals surface area contributed by atoms with Crippen LogP contribution in [0.3, 0.4) is 0 Å². The van der Waals surface area contributed by atoms with Gasteiger partial charge in [0.25, 0.3) is 0 Å². The standard InChI is InChI=1S/C12H11ClN2O5S.C4H10N2/c13-9-5-10(15-6-7-2-1-3-20-7)8(12(16)17)4-11(9)21(14,18)19;1-2-6-4-3-5-1/h1-5,15H,6H2,(H,16,17)(H2,14,18,19);5-6H,1-4H2. The van der Waals surface area contributed by atoms with E-state index in [1.165, 1.54) is 12.3 Å². The Balaban J connectivity index is 0.000000369. The fraction of sp³-hybridized carbons (Fsp3) is 0.312. The summed E-state index contributed by atoms with van der Waals surface area (Å²) in [7, 11) is -4.11. The largest absolute Gasteiger partial charge is 0.478 e. The Bertz CT molecular complexity index is 856. The van der Waals surface area contributed by atoms with Crippen LogP contribution in [0.4, 0.5) is 5.69 Å². The summed E-state index contributed by atoms with van der Waals surface area (Å²) in [5.74, 6) is -0.725. The Morgan fingerprint density at radius 3 is 2.33 bits per heavy atom. The van der Waals surface area contributed by atoms with Crippen LogP contribution in [0, 0.1) is 0 Å². The van der Waals surface area contributed by atoms with E-state index in [-0.39, 0.29) is 22.8 Å². The van der Waals surface area contributed by atoms with E-state index in [1.807, 2.05) is 0 Å². The van der Waals surface area contributed by atoms with Crippen LogP contribution in [0.2, 0.25) is 5.02 Å². The second-order valence-electron chi connectivity index (χ2n) is 5.61. The molecular weight excluding hydrogens is 396 g/mol. The summed E-state index contributed by atoms with van der Waals surface area (Å²) < 4.78 is 27.8. The summed E-state index contributed by atoms with van der Waals surface area (Å²) in [6, 6.07) is 5.51. The Kier molecular flexibility index (Phi) is 7.63. The molecule has 1 aliphatic heterocycles. The van der Waals surface area contributed by atoms with Gasteiger partial charge in [-0.25, -0.2) is 18.4 Å². The highest BCUT2D eigenvalue weighted by atomic mass is 35.5. The number of rotatable bonds is 5. The van der Waals surface area contributed by atoms with Crippen molar-refractivity contribution in [2.45, 2.75) is 11.4 Å². The molecule has 0 atom stereocenters. The van der Waals surface area contributed by atoms with Gasteiger partial charge in [0.15, 0.2) is 0 Å². The van der Waals surface area contributed by atoms with Gasteiger partial charge in [0, 0.05) is 26.2 Å². The van der Waals surface area contributed by atoms with E-state index >= 15 is 0 Å². The number of sulfonamides is 1. The maximum atomic E-state index is 11.3. The summed E-state index contributed by atoms with van der Waals surface area (Å²) in [6.45, 7) is 4.78. The monoisotopic (exact) mass is 416 g/mol. The summed E-state index contributed by atoms with van der Waals surface area (Å²) in [6.07, 6.45) is 1.48. The average molecular weight is 417 g/mol. The van der Waals surface area contributed by atoms with Crippen LogP contribution < -0.4 is 21.1 Å². The second kappa shape index (κ2) is 9.72. The van der Waals surface area contributed by atoms with E-state index in [1.54, 1.807) is 12.1 Å². The number of aromatic carboxylic acids is 1. The van der Waals surface area contributed by atoms with Crippen LogP contribution in [-0.4, -0.2) is 45.7 Å². The molecule has 0 unspecified atom stereocenters. The van der Waals surface area contributed by atoms with Crippen molar-refractivity contribution in [2.75, 3.05) is 31.5 Å². The molecule has 1 aromatic heterocycles. The molecule has 0 saturated carbocycles. The first-order valence-corrected chi connectivity index (χ1v) is 9.99.